The Bertz CT molecular complexity index is 1170. The van der Waals surface area contributed by atoms with Crippen LogP contribution < -0.4 is 5.32 Å². The van der Waals surface area contributed by atoms with E-state index in [-0.39, 0.29) is 28.4 Å². The number of furan rings is 1. The van der Waals surface area contributed by atoms with Gasteiger partial charge in [0, 0.05) is 22.2 Å². The number of halogens is 3. The van der Waals surface area contributed by atoms with Gasteiger partial charge in [0.2, 0.25) is 3.67 Å². The molecule has 3 fully saturated rings. The summed E-state index contributed by atoms with van der Waals surface area (Å²) in [7, 11) is -1.57. The zero-order chi connectivity index (χ0) is 20.6. The molecule has 1 amide bonds. The van der Waals surface area contributed by atoms with Gasteiger partial charge in [-0.15, -0.1) is 11.3 Å². The second-order valence-electron chi connectivity index (χ2n) is 7.81. The lowest BCUT2D eigenvalue weighted by atomic mass is 9.39. The lowest BCUT2D eigenvalue weighted by molar-refractivity contribution is -0.0811. The molecule has 3 aliphatic rings. The summed E-state index contributed by atoms with van der Waals surface area (Å²) in [4.78, 5) is 17.4. The fraction of sp³-hybridized carbons (Fsp3) is 0.368. The van der Waals surface area contributed by atoms with E-state index in [2.05, 4.69) is 5.32 Å². The number of rotatable bonds is 5. The van der Waals surface area contributed by atoms with Gasteiger partial charge < -0.3 is 9.73 Å². The molecule has 1 unspecified atom stereocenters. The van der Waals surface area contributed by atoms with Gasteiger partial charge in [-0.05, 0) is 49.6 Å². The first-order valence-electron chi connectivity index (χ1n) is 8.83. The highest BCUT2D eigenvalue weighted by molar-refractivity contribution is 7.88. The van der Waals surface area contributed by atoms with Gasteiger partial charge in [0.1, 0.15) is 5.01 Å². The topological polar surface area (TPSA) is 72.2 Å². The van der Waals surface area contributed by atoms with E-state index in [4.69, 9.17) is 44.2 Å². The van der Waals surface area contributed by atoms with Crippen molar-refractivity contribution in [1.29, 1.82) is 0 Å². The Hall–Kier alpha value is -1.12. The third-order valence-corrected chi connectivity index (χ3v) is 9.81. The van der Waals surface area contributed by atoms with Crippen LogP contribution in [0.4, 0.5) is 0 Å². The van der Waals surface area contributed by atoms with E-state index in [1.807, 2.05) is 18.2 Å². The van der Waals surface area contributed by atoms with Crippen molar-refractivity contribution in [3.05, 3.63) is 51.9 Å². The molecule has 29 heavy (non-hydrogen) atoms. The number of amides is 1. The van der Waals surface area contributed by atoms with Gasteiger partial charge >= 0.3 is 0 Å². The minimum Gasteiger partial charge on any atom is -0.452 e. The quantitative estimate of drug-likeness (QED) is 0.505. The lowest BCUT2D eigenvalue weighted by Crippen LogP contribution is -2.76. The van der Waals surface area contributed by atoms with Crippen LogP contribution in [0.25, 0.3) is 10.2 Å². The van der Waals surface area contributed by atoms with Gasteiger partial charge in [0.05, 0.1) is 21.0 Å². The Kier molecular flexibility index (Phi) is 4.40. The molecule has 2 heterocycles. The third kappa shape index (κ3) is 3.05. The van der Waals surface area contributed by atoms with E-state index in [0.29, 0.717) is 5.02 Å². The van der Waals surface area contributed by atoms with Crippen LogP contribution in [-0.4, -0.2) is 26.9 Å². The first-order chi connectivity index (χ1) is 13.6. The van der Waals surface area contributed by atoms with E-state index in [1.54, 1.807) is 11.3 Å². The highest BCUT2D eigenvalue weighted by Crippen LogP contribution is 2.68. The molecule has 0 radical (unpaired) electrons. The molecule has 3 aliphatic carbocycles. The van der Waals surface area contributed by atoms with E-state index >= 15 is 0 Å². The molecular weight excluding hydrogens is 475 g/mol. The van der Waals surface area contributed by atoms with Gasteiger partial charge in [-0.25, -0.2) is 4.98 Å². The Labute approximate surface area is 188 Å². The van der Waals surface area contributed by atoms with Crippen LogP contribution in [0.2, 0.25) is 5.02 Å². The average Bonchev–Trinajstić information content (AvgIpc) is 3.23. The smallest absolute Gasteiger partial charge is 0.287 e. The number of hydrogen-bond acceptors (Lipinski definition) is 5. The number of carbonyl (C=O) groups excluding carboxylic acids is 1. The van der Waals surface area contributed by atoms with Crippen molar-refractivity contribution in [3.8, 4) is 0 Å². The number of alkyl halides is 2. The number of fused-ring (bicyclic) bond motifs is 1. The number of aromatic nitrogens is 1. The number of benzene rings is 1. The highest BCUT2D eigenvalue weighted by atomic mass is 35.5. The maximum absolute atomic E-state index is 12.6. The lowest BCUT2D eigenvalue weighted by Gasteiger charge is -2.69. The predicted molar refractivity (Wildman–Crippen MR) is 117 cm³/mol. The van der Waals surface area contributed by atoms with Crippen LogP contribution in [0.5, 0.6) is 0 Å². The maximum atomic E-state index is 12.6. The zero-order valence-corrected chi connectivity index (χ0v) is 19.0. The van der Waals surface area contributed by atoms with Crippen LogP contribution >= 0.6 is 46.1 Å². The van der Waals surface area contributed by atoms with Crippen molar-refractivity contribution in [2.45, 2.75) is 33.9 Å². The van der Waals surface area contributed by atoms with Crippen molar-refractivity contribution in [3.63, 3.8) is 0 Å². The van der Waals surface area contributed by atoms with Crippen molar-refractivity contribution >= 4 is 73.1 Å². The molecule has 2 bridgehead atoms. The standard InChI is InChI=1S/C19H15Cl3N2O3S2/c1-29(26)19(21,22)14-5-3-12(27-14)15(25)24-18-7-17(8-18,9-18)16-23-11-6-10(20)2-4-13(11)28-16/h2-6H,7-9H2,1H3,(H,24,25). The molecule has 2 aromatic heterocycles. The van der Waals surface area contributed by atoms with Crippen LogP contribution in [0, 0.1) is 0 Å². The van der Waals surface area contributed by atoms with Crippen LogP contribution in [-0.2, 0) is 19.9 Å². The first-order valence-corrected chi connectivity index (χ1v) is 12.3. The summed E-state index contributed by atoms with van der Waals surface area (Å²) in [6.45, 7) is 0. The maximum Gasteiger partial charge on any atom is 0.287 e. The van der Waals surface area contributed by atoms with E-state index < -0.39 is 14.5 Å². The first kappa shape index (κ1) is 19.8. The third-order valence-electron chi connectivity index (χ3n) is 5.69. The second-order valence-corrected chi connectivity index (χ2v) is 12.6. The molecule has 6 rings (SSSR count). The zero-order valence-electron chi connectivity index (χ0n) is 15.1. The number of nitrogens with one attached hydrogen (secondary N) is 1. The van der Waals surface area contributed by atoms with Crippen molar-refractivity contribution in [1.82, 2.24) is 10.3 Å². The van der Waals surface area contributed by atoms with Crippen LogP contribution in [0.15, 0.2) is 34.7 Å². The number of thiazole rings is 1. The van der Waals surface area contributed by atoms with Gasteiger partial charge in [0.15, 0.2) is 11.5 Å². The molecule has 0 spiro atoms. The number of nitrogens with zero attached hydrogens (tertiary/aromatic N) is 1. The molecule has 0 aliphatic heterocycles. The monoisotopic (exact) mass is 488 g/mol. The van der Waals surface area contributed by atoms with Crippen molar-refractivity contribution in [2.75, 3.05) is 6.26 Å². The van der Waals surface area contributed by atoms with E-state index in [9.17, 15) is 9.00 Å². The molecule has 1 aromatic carbocycles. The Morgan fingerprint density at radius 2 is 2.00 bits per heavy atom. The van der Waals surface area contributed by atoms with E-state index in [0.717, 1.165) is 34.5 Å². The predicted octanol–water partition coefficient (Wildman–Crippen LogP) is 5.11. The molecule has 0 saturated heterocycles. The van der Waals surface area contributed by atoms with Crippen molar-refractivity contribution in [2.24, 2.45) is 0 Å². The normalized spacial score (nSPS) is 26.6. The average molecular weight is 490 g/mol. The van der Waals surface area contributed by atoms with Gasteiger partial charge in [-0.1, -0.05) is 34.8 Å². The number of carbonyl (C=O) groups is 1. The van der Waals surface area contributed by atoms with Crippen molar-refractivity contribution < 1.29 is 13.4 Å². The minimum atomic E-state index is -1.69. The fourth-order valence-corrected chi connectivity index (χ4v) is 6.23. The molecule has 1 N–H and O–H groups in total. The minimum absolute atomic E-state index is 0.0400. The second kappa shape index (κ2) is 6.44. The molecule has 152 valence electrons. The van der Waals surface area contributed by atoms with Gasteiger partial charge in [-0.3, -0.25) is 9.00 Å². The molecule has 1 atom stereocenters. The Morgan fingerprint density at radius 1 is 1.28 bits per heavy atom. The summed E-state index contributed by atoms with van der Waals surface area (Å²) < 4.78 is 16.6. The largest absolute Gasteiger partial charge is 0.452 e. The summed E-state index contributed by atoms with van der Waals surface area (Å²) in [6.07, 6.45) is 3.92. The molecule has 3 saturated carbocycles. The van der Waals surface area contributed by atoms with Crippen LogP contribution in [0.1, 0.15) is 40.6 Å². The Balaban J connectivity index is 1.28. The van der Waals surface area contributed by atoms with Crippen LogP contribution in [0.3, 0.4) is 0 Å². The van der Waals surface area contributed by atoms with Gasteiger partial charge in [0.25, 0.3) is 5.91 Å². The summed E-state index contributed by atoms with van der Waals surface area (Å²) in [5.41, 5.74) is 0.729. The Morgan fingerprint density at radius 3 is 2.69 bits per heavy atom. The molecular formula is C19H15Cl3N2O3S2. The summed E-state index contributed by atoms with van der Waals surface area (Å²) >= 11 is 19.8. The summed E-state index contributed by atoms with van der Waals surface area (Å²) in [5, 5.41) is 4.85. The molecule has 5 nitrogen and oxygen atoms in total. The fourth-order valence-electron chi connectivity index (χ4n) is 4.34. The summed E-state index contributed by atoms with van der Waals surface area (Å²) in [6, 6.07) is 8.72. The highest BCUT2D eigenvalue weighted by Gasteiger charge is 2.70. The van der Waals surface area contributed by atoms with E-state index in [1.165, 1.54) is 18.4 Å². The SMILES string of the molecule is CS(=O)C(Cl)(Cl)c1ccc(C(=O)NC23CC(c4nc5cc(Cl)ccc5s4)(C2)C3)o1. The molecule has 3 aromatic rings. The number of hydrogen-bond donors (Lipinski definition) is 1. The van der Waals surface area contributed by atoms with Gasteiger partial charge in [-0.2, -0.15) is 0 Å². The molecule has 10 heteroatoms. The summed E-state index contributed by atoms with van der Waals surface area (Å²) in [5.74, 6) is -0.134.